The summed E-state index contributed by atoms with van der Waals surface area (Å²) in [6, 6.07) is 0. The Morgan fingerprint density at radius 2 is 1.61 bits per heavy atom. The molecule has 2 atom stereocenters. The molecule has 0 aromatic rings. The van der Waals surface area contributed by atoms with E-state index in [-0.39, 0.29) is 23.8 Å². The fourth-order valence-electron chi connectivity index (χ4n) is 4.06. The maximum atomic E-state index is 12.7. The van der Waals surface area contributed by atoms with Gasteiger partial charge < -0.3 is 9.47 Å². The van der Waals surface area contributed by atoms with E-state index in [1.54, 1.807) is 6.08 Å². The minimum Gasteiger partial charge on any atom is -0.460 e. The summed E-state index contributed by atoms with van der Waals surface area (Å²) in [6.07, 6.45) is 15.8. The number of ether oxygens (including phenoxy) is 2. The molecule has 1 aliphatic carbocycles. The van der Waals surface area contributed by atoms with Gasteiger partial charge in [0.25, 0.3) is 0 Å². The van der Waals surface area contributed by atoms with Gasteiger partial charge in [-0.05, 0) is 52.5 Å². The van der Waals surface area contributed by atoms with Crippen molar-refractivity contribution in [3.05, 3.63) is 11.6 Å². The van der Waals surface area contributed by atoms with Crippen molar-refractivity contribution in [3.8, 4) is 11.8 Å². The summed E-state index contributed by atoms with van der Waals surface area (Å²) in [4.78, 5) is 24.6. The Kier molecular flexibility index (Phi) is 15.1. The zero-order chi connectivity index (χ0) is 24.5. The molecule has 0 fully saturated rings. The van der Waals surface area contributed by atoms with Crippen LogP contribution in [0.1, 0.15) is 125 Å². The van der Waals surface area contributed by atoms with Gasteiger partial charge in [0.15, 0.2) is 5.78 Å². The molecule has 33 heavy (non-hydrogen) atoms. The quantitative estimate of drug-likeness (QED) is 0.137. The van der Waals surface area contributed by atoms with Crippen LogP contribution in [0.5, 0.6) is 0 Å². The van der Waals surface area contributed by atoms with E-state index >= 15 is 0 Å². The van der Waals surface area contributed by atoms with Gasteiger partial charge in [-0.15, -0.1) is 0 Å². The molecular weight excluding hydrogens is 412 g/mol. The third kappa shape index (κ3) is 13.6. The molecule has 1 aliphatic rings. The lowest BCUT2D eigenvalue weighted by Gasteiger charge is -2.21. The molecule has 1 rings (SSSR count). The molecule has 0 radical (unpaired) electrons. The average molecular weight is 461 g/mol. The van der Waals surface area contributed by atoms with Crippen LogP contribution in [0.15, 0.2) is 11.6 Å². The highest BCUT2D eigenvalue weighted by Crippen LogP contribution is 2.30. The summed E-state index contributed by atoms with van der Waals surface area (Å²) in [7, 11) is 0. The number of carbonyl (C=O) groups is 2. The largest absolute Gasteiger partial charge is 0.460 e. The standard InChI is InChI=1S/C29H48O4/c1-6-8-10-12-14-15-19-24-23-26(30)25(20-16-13-11-9-7-2)28(24)32-22-18-17-21-27(31)33-29(3,4)5/h23,25,28H,6-14,16-18,20-22H2,1-5H3/t25-,28+/m0/s1. The van der Waals surface area contributed by atoms with Gasteiger partial charge >= 0.3 is 5.97 Å². The summed E-state index contributed by atoms with van der Waals surface area (Å²) in [5.74, 6) is 6.41. The van der Waals surface area contributed by atoms with E-state index in [1.165, 1.54) is 44.9 Å². The SMILES string of the molecule is CCCCCCC#CC1=CC(=O)[C@H](CCCCCCC)[C@@H]1OCCCCC(=O)OC(C)(C)C. The Labute approximate surface area is 203 Å². The van der Waals surface area contributed by atoms with Crippen LogP contribution in [0.2, 0.25) is 0 Å². The highest BCUT2D eigenvalue weighted by Gasteiger charge is 2.35. The van der Waals surface area contributed by atoms with Crippen LogP contribution in [-0.4, -0.2) is 30.1 Å². The second kappa shape index (κ2) is 16.9. The molecule has 0 saturated heterocycles. The van der Waals surface area contributed by atoms with Crippen molar-refractivity contribution in [2.75, 3.05) is 6.61 Å². The Morgan fingerprint density at radius 3 is 2.27 bits per heavy atom. The van der Waals surface area contributed by atoms with Crippen LogP contribution in [-0.2, 0) is 19.1 Å². The molecule has 0 spiro atoms. The first-order chi connectivity index (χ1) is 15.8. The lowest BCUT2D eigenvalue weighted by molar-refractivity contribution is -0.155. The minimum atomic E-state index is -0.447. The summed E-state index contributed by atoms with van der Waals surface area (Å²) in [5, 5.41) is 0. The van der Waals surface area contributed by atoms with Gasteiger partial charge in [-0.25, -0.2) is 0 Å². The molecule has 0 aromatic heterocycles. The second-order valence-electron chi connectivity index (χ2n) is 10.3. The van der Waals surface area contributed by atoms with Crippen LogP contribution in [0.3, 0.4) is 0 Å². The number of hydrogen-bond acceptors (Lipinski definition) is 4. The van der Waals surface area contributed by atoms with Gasteiger partial charge in [0, 0.05) is 25.0 Å². The number of allylic oxidation sites excluding steroid dienone is 1. The molecule has 0 N–H and O–H groups in total. The third-order valence-electron chi connectivity index (χ3n) is 5.83. The van der Waals surface area contributed by atoms with Crippen LogP contribution in [0, 0.1) is 17.8 Å². The zero-order valence-electron chi connectivity index (χ0n) is 22.0. The third-order valence-corrected chi connectivity index (χ3v) is 5.83. The van der Waals surface area contributed by atoms with Gasteiger partial charge in [-0.3, -0.25) is 9.59 Å². The summed E-state index contributed by atoms with van der Waals surface area (Å²) in [5.41, 5.74) is 0.401. The van der Waals surface area contributed by atoms with E-state index in [2.05, 4.69) is 25.7 Å². The smallest absolute Gasteiger partial charge is 0.306 e. The Hall–Kier alpha value is -1.60. The van der Waals surface area contributed by atoms with E-state index in [4.69, 9.17) is 9.47 Å². The molecule has 0 unspecified atom stereocenters. The highest BCUT2D eigenvalue weighted by atomic mass is 16.6. The number of ketones is 1. The van der Waals surface area contributed by atoms with Gasteiger partial charge in [0.1, 0.15) is 11.7 Å². The molecule has 0 aromatic carbocycles. The fraction of sp³-hybridized carbons (Fsp3) is 0.793. The Balaban J connectivity index is 2.57. The number of esters is 1. The maximum absolute atomic E-state index is 12.7. The first-order valence-corrected chi connectivity index (χ1v) is 13.4. The van der Waals surface area contributed by atoms with Crippen molar-refractivity contribution in [2.24, 2.45) is 5.92 Å². The van der Waals surface area contributed by atoms with Gasteiger partial charge in [0.2, 0.25) is 0 Å². The summed E-state index contributed by atoms with van der Waals surface area (Å²) in [6.45, 7) is 10.6. The zero-order valence-corrected chi connectivity index (χ0v) is 22.0. The van der Waals surface area contributed by atoms with E-state index in [0.717, 1.165) is 44.1 Å². The van der Waals surface area contributed by atoms with E-state index < -0.39 is 5.60 Å². The Morgan fingerprint density at radius 1 is 0.939 bits per heavy atom. The Bertz CT molecular complexity index is 659. The normalized spacial score (nSPS) is 18.1. The van der Waals surface area contributed by atoms with Gasteiger partial charge in [-0.2, -0.15) is 0 Å². The van der Waals surface area contributed by atoms with E-state index in [9.17, 15) is 9.59 Å². The molecule has 4 nitrogen and oxygen atoms in total. The van der Waals surface area contributed by atoms with E-state index in [1.807, 2.05) is 20.8 Å². The van der Waals surface area contributed by atoms with Crippen molar-refractivity contribution >= 4 is 11.8 Å². The molecule has 4 heteroatoms. The highest BCUT2D eigenvalue weighted by molar-refractivity contribution is 5.97. The number of unbranched alkanes of at least 4 members (excludes halogenated alkanes) is 9. The lowest BCUT2D eigenvalue weighted by atomic mass is 9.93. The number of hydrogen-bond donors (Lipinski definition) is 0. The van der Waals surface area contributed by atoms with Crippen LogP contribution < -0.4 is 0 Å². The van der Waals surface area contributed by atoms with Gasteiger partial charge in [0.05, 0.1) is 5.92 Å². The monoisotopic (exact) mass is 460 g/mol. The topological polar surface area (TPSA) is 52.6 Å². The summed E-state index contributed by atoms with van der Waals surface area (Å²) < 4.78 is 11.6. The van der Waals surface area contributed by atoms with Crippen molar-refractivity contribution < 1.29 is 19.1 Å². The second-order valence-corrected chi connectivity index (χ2v) is 10.3. The van der Waals surface area contributed by atoms with Crippen molar-refractivity contribution in [1.82, 2.24) is 0 Å². The van der Waals surface area contributed by atoms with Crippen LogP contribution >= 0.6 is 0 Å². The number of carbonyl (C=O) groups excluding carboxylic acids is 2. The number of rotatable bonds is 16. The molecule has 0 heterocycles. The maximum Gasteiger partial charge on any atom is 0.306 e. The van der Waals surface area contributed by atoms with Crippen LogP contribution in [0.25, 0.3) is 0 Å². The van der Waals surface area contributed by atoms with E-state index in [0.29, 0.717) is 13.0 Å². The van der Waals surface area contributed by atoms with Crippen LogP contribution in [0.4, 0.5) is 0 Å². The molecule has 0 amide bonds. The summed E-state index contributed by atoms with van der Waals surface area (Å²) >= 11 is 0. The lowest BCUT2D eigenvalue weighted by Crippen LogP contribution is -2.26. The van der Waals surface area contributed by atoms with Crippen molar-refractivity contribution in [1.29, 1.82) is 0 Å². The molecule has 0 aliphatic heterocycles. The average Bonchev–Trinajstić information content (AvgIpc) is 3.03. The van der Waals surface area contributed by atoms with Gasteiger partial charge in [-0.1, -0.05) is 77.1 Å². The predicted molar refractivity (Wildman–Crippen MR) is 136 cm³/mol. The first kappa shape index (κ1) is 29.4. The van der Waals surface area contributed by atoms with Crippen molar-refractivity contribution in [2.45, 2.75) is 136 Å². The molecule has 0 saturated carbocycles. The molecule has 0 bridgehead atoms. The predicted octanol–water partition coefficient (Wildman–Crippen LogP) is 7.34. The first-order valence-electron chi connectivity index (χ1n) is 13.4. The molecular formula is C29H48O4. The molecule has 188 valence electrons. The minimum absolute atomic E-state index is 0.109. The van der Waals surface area contributed by atoms with Crippen molar-refractivity contribution in [3.63, 3.8) is 0 Å². The fourth-order valence-corrected chi connectivity index (χ4v) is 4.06.